The molecule has 8 nitrogen and oxygen atoms in total. The van der Waals surface area contributed by atoms with Crippen LogP contribution in [0.1, 0.15) is 51.4 Å². The van der Waals surface area contributed by atoms with Crippen molar-refractivity contribution in [1.29, 1.82) is 0 Å². The SMILES string of the molecule is Cc1ccc(C(=O)O)c(C(Cc2c(Cl)cncc2Cl)c2ccc(OC(F)F)c(OCC3CC3)c2)c1NS(C)(=O)=O. The van der Waals surface area contributed by atoms with E-state index in [4.69, 9.17) is 27.9 Å². The quantitative estimate of drug-likeness (QED) is 0.238. The number of aryl methyl sites for hydroxylation is 1. The van der Waals surface area contributed by atoms with Crippen LogP contribution in [0.3, 0.4) is 0 Å². The number of nitrogens with zero attached hydrogens (tertiary/aromatic N) is 1. The van der Waals surface area contributed by atoms with E-state index in [9.17, 15) is 27.1 Å². The first-order chi connectivity index (χ1) is 18.8. The van der Waals surface area contributed by atoms with Crippen LogP contribution >= 0.6 is 23.2 Å². The molecule has 1 aliphatic rings. The van der Waals surface area contributed by atoms with Crippen molar-refractivity contribution < 1.29 is 36.6 Å². The van der Waals surface area contributed by atoms with Gasteiger partial charge in [0.2, 0.25) is 10.0 Å². The number of rotatable bonds is 12. The van der Waals surface area contributed by atoms with Gasteiger partial charge in [-0.1, -0.05) is 35.3 Å². The number of hydrogen-bond acceptors (Lipinski definition) is 6. The number of ether oxygens (including phenoxy) is 2. The lowest BCUT2D eigenvalue weighted by molar-refractivity contribution is -0.0515. The molecule has 214 valence electrons. The molecule has 1 fully saturated rings. The van der Waals surface area contributed by atoms with Crippen LogP contribution in [-0.4, -0.2) is 44.0 Å². The third-order valence-electron chi connectivity index (χ3n) is 6.44. The Labute approximate surface area is 240 Å². The van der Waals surface area contributed by atoms with Gasteiger partial charge in [-0.15, -0.1) is 0 Å². The minimum atomic E-state index is -3.84. The second kappa shape index (κ2) is 12.2. The van der Waals surface area contributed by atoms with E-state index in [2.05, 4.69) is 14.4 Å². The van der Waals surface area contributed by atoms with Crippen LogP contribution in [0.25, 0.3) is 0 Å². The molecule has 1 aromatic heterocycles. The zero-order chi connectivity index (χ0) is 29.2. The number of benzene rings is 2. The molecule has 1 aliphatic carbocycles. The molecule has 13 heteroatoms. The molecule has 0 amide bonds. The minimum absolute atomic E-state index is 0.0134. The number of hydrogen-bond donors (Lipinski definition) is 2. The highest BCUT2D eigenvalue weighted by molar-refractivity contribution is 7.92. The summed E-state index contributed by atoms with van der Waals surface area (Å²) in [6.45, 7) is -1.17. The lowest BCUT2D eigenvalue weighted by atomic mass is 9.81. The van der Waals surface area contributed by atoms with Crippen molar-refractivity contribution in [1.82, 2.24) is 4.98 Å². The number of anilines is 1. The molecule has 40 heavy (non-hydrogen) atoms. The Kier molecular flexibility index (Phi) is 9.06. The van der Waals surface area contributed by atoms with Gasteiger partial charge in [0.15, 0.2) is 11.5 Å². The predicted molar refractivity (Wildman–Crippen MR) is 148 cm³/mol. The second-order valence-electron chi connectivity index (χ2n) is 9.58. The topological polar surface area (TPSA) is 115 Å². The molecule has 3 aromatic rings. The van der Waals surface area contributed by atoms with E-state index in [1.807, 2.05) is 0 Å². The molecular formula is C27H26Cl2F2N2O6S. The van der Waals surface area contributed by atoms with Crippen molar-refractivity contribution in [2.45, 2.75) is 38.7 Å². The number of carbonyl (C=O) groups is 1. The third kappa shape index (κ3) is 7.32. The zero-order valence-electron chi connectivity index (χ0n) is 21.5. The van der Waals surface area contributed by atoms with Crippen LogP contribution in [0.4, 0.5) is 14.5 Å². The Balaban J connectivity index is 1.97. The van der Waals surface area contributed by atoms with Crippen molar-refractivity contribution in [3.63, 3.8) is 0 Å². The van der Waals surface area contributed by atoms with Crippen LogP contribution < -0.4 is 14.2 Å². The van der Waals surface area contributed by atoms with Gasteiger partial charge in [-0.2, -0.15) is 8.78 Å². The number of alkyl halides is 2. The number of sulfonamides is 1. The number of pyridine rings is 1. The van der Waals surface area contributed by atoms with Gasteiger partial charge in [0.25, 0.3) is 0 Å². The minimum Gasteiger partial charge on any atom is -0.489 e. The Morgan fingerprint density at radius 3 is 2.40 bits per heavy atom. The summed E-state index contributed by atoms with van der Waals surface area (Å²) in [7, 11) is -3.84. The maximum Gasteiger partial charge on any atom is 0.387 e. The van der Waals surface area contributed by atoms with Gasteiger partial charge >= 0.3 is 12.6 Å². The molecule has 1 heterocycles. The van der Waals surface area contributed by atoms with Gasteiger partial charge in [0, 0.05) is 18.3 Å². The first-order valence-electron chi connectivity index (χ1n) is 12.2. The van der Waals surface area contributed by atoms with Crippen molar-refractivity contribution in [3.8, 4) is 11.5 Å². The predicted octanol–water partition coefficient (Wildman–Crippen LogP) is 6.53. The molecule has 0 saturated heterocycles. The van der Waals surface area contributed by atoms with Crippen molar-refractivity contribution in [2.75, 3.05) is 17.6 Å². The summed E-state index contributed by atoms with van der Waals surface area (Å²) in [5.74, 6) is -2.02. The molecule has 0 bridgehead atoms. The fraction of sp³-hybridized carbons (Fsp3) is 0.333. The highest BCUT2D eigenvalue weighted by Gasteiger charge is 2.30. The number of nitrogens with one attached hydrogen (secondary N) is 1. The number of aromatic nitrogens is 1. The van der Waals surface area contributed by atoms with E-state index in [0.29, 0.717) is 29.2 Å². The van der Waals surface area contributed by atoms with Crippen molar-refractivity contribution in [2.24, 2.45) is 5.92 Å². The Bertz CT molecular complexity index is 1510. The van der Waals surface area contributed by atoms with E-state index in [-0.39, 0.29) is 44.8 Å². The summed E-state index contributed by atoms with van der Waals surface area (Å²) in [6, 6.07) is 7.17. The third-order valence-corrected chi connectivity index (χ3v) is 7.66. The van der Waals surface area contributed by atoms with Crippen LogP contribution in [0, 0.1) is 12.8 Å². The fourth-order valence-electron chi connectivity index (χ4n) is 4.36. The van der Waals surface area contributed by atoms with Gasteiger partial charge in [-0.05, 0) is 72.6 Å². The van der Waals surface area contributed by atoms with Crippen LogP contribution in [0.5, 0.6) is 11.5 Å². The smallest absolute Gasteiger partial charge is 0.387 e. The highest BCUT2D eigenvalue weighted by Crippen LogP contribution is 2.43. The number of halogens is 4. The van der Waals surface area contributed by atoms with E-state index in [1.165, 1.54) is 42.7 Å². The lowest BCUT2D eigenvalue weighted by Crippen LogP contribution is -2.19. The van der Waals surface area contributed by atoms with Crippen molar-refractivity contribution in [3.05, 3.63) is 80.6 Å². The van der Waals surface area contributed by atoms with Gasteiger partial charge < -0.3 is 14.6 Å². The van der Waals surface area contributed by atoms with E-state index < -0.39 is 28.5 Å². The van der Waals surface area contributed by atoms with Gasteiger partial charge in [-0.3, -0.25) is 9.71 Å². The standard InChI is InChI=1S/C27H26Cl2F2N2O6S/c1-14-3-7-17(26(34)35)24(25(14)33-40(2,36)37)18(10-19-20(28)11-32-12-21(19)29)16-6-8-22(39-27(30)31)23(9-16)38-13-15-4-5-15/h3,6-9,11-12,15,18,27,33H,4-5,10,13H2,1-2H3,(H,34,35). The fourth-order valence-corrected chi connectivity index (χ4v) is 5.52. The molecule has 0 spiro atoms. The first-order valence-corrected chi connectivity index (χ1v) is 14.8. The van der Waals surface area contributed by atoms with Crippen molar-refractivity contribution >= 4 is 44.9 Å². The maximum absolute atomic E-state index is 13.2. The van der Waals surface area contributed by atoms with Gasteiger partial charge in [-0.25, -0.2) is 13.2 Å². The second-order valence-corrected chi connectivity index (χ2v) is 12.1. The summed E-state index contributed by atoms with van der Waals surface area (Å²) in [5.41, 5.74) is 1.36. The summed E-state index contributed by atoms with van der Waals surface area (Å²) < 4.78 is 64.0. The number of aromatic carboxylic acids is 1. The van der Waals surface area contributed by atoms with E-state index in [1.54, 1.807) is 6.92 Å². The molecule has 4 rings (SSSR count). The summed E-state index contributed by atoms with van der Waals surface area (Å²) in [6.07, 6.45) is 5.65. The highest BCUT2D eigenvalue weighted by atomic mass is 35.5. The summed E-state index contributed by atoms with van der Waals surface area (Å²) >= 11 is 12.9. The normalized spacial score (nSPS) is 14.2. The summed E-state index contributed by atoms with van der Waals surface area (Å²) in [4.78, 5) is 16.4. The number of carboxylic acid groups (broad SMARTS) is 1. The lowest BCUT2D eigenvalue weighted by Gasteiger charge is -2.26. The molecule has 2 N–H and O–H groups in total. The van der Waals surface area contributed by atoms with Gasteiger partial charge in [0.1, 0.15) is 0 Å². The molecule has 1 atom stereocenters. The molecule has 2 aromatic carbocycles. The van der Waals surface area contributed by atoms with Crippen LogP contribution in [0.15, 0.2) is 42.7 Å². The molecule has 1 saturated carbocycles. The largest absolute Gasteiger partial charge is 0.489 e. The molecule has 1 unspecified atom stereocenters. The monoisotopic (exact) mass is 614 g/mol. The molecule has 0 radical (unpaired) electrons. The van der Waals surface area contributed by atoms with Gasteiger partial charge in [0.05, 0.1) is 34.2 Å². The number of carboxylic acids is 1. The zero-order valence-corrected chi connectivity index (χ0v) is 23.8. The molecule has 0 aliphatic heterocycles. The molecular weight excluding hydrogens is 589 g/mol. The average Bonchev–Trinajstić information content (AvgIpc) is 3.68. The Hall–Kier alpha value is -3.15. The Morgan fingerprint density at radius 2 is 1.82 bits per heavy atom. The Morgan fingerprint density at radius 1 is 1.15 bits per heavy atom. The van der Waals surface area contributed by atoms with E-state index in [0.717, 1.165) is 19.1 Å². The van der Waals surface area contributed by atoms with Crippen LogP contribution in [-0.2, 0) is 16.4 Å². The van der Waals surface area contributed by atoms with E-state index >= 15 is 0 Å². The first kappa shape index (κ1) is 29.8. The maximum atomic E-state index is 13.2. The van der Waals surface area contributed by atoms with Crippen LogP contribution in [0.2, 0.25) is 10.0 Å². The average molecular weight is 615 g/mol. The summed E-state index contributed by atoms with van der Waals surface area (Å²) in [5, 5.41) is 10.6.